The molecule has 0 bridgehead atoms. The maximum Gasteiger partial charge on any atom is 0.437 e. The molecule has 0 radical (unpaired) electrons. The number of ether oxygens (including phenoxy) is 1. The third kappa shape index (κ3) is 3.86. The van der Waals surface area contributed by atoms with Crippen molar-refractivity contribution in [3.8, 4) is 0 Å². The fourth-order valence-electron chi connectivity index (χ4n) is 1.39. The molecule has 0 aromatic carbocycles. The largest absolute Gasteiger partial charge is 0.442 e. The molecule has 1 heterocycles. The molecule has 0 saturated carbocycles. The molecule has 1 aliphatic rings. The number of rotatable bonds is 0. The predicted octanol–water partition coefficient (Wildman–Crippen LogP) is 0.531. The molecule has 1 rings (SSSR count). The standard InChI is InChI=1S/C10H19N3O4S/c1-7-6-18(15,16)13(5)8(11-7)12-9(14)17-10(2,3)4/h7H,6H2,1-5H3,(H,11,12,14). The number of carbonyl (C=O) groups is 1. The van der Waals surface area contributed by atoms with Crippen LogP contribution in [0.3, 0.4) is 0 Å². The van der Waals surface area contributed by atoms with Crippen molar-refractivity contribution < 1.29 is 17.9 Å². The molecule has 1 fully saturated rings. The summed E-state index contributed by atoms with van der Waals surface area (Å²) in [7, 11) is -2.07. The molecule has 0 aromatic heterocycles. The number of hydrogen-bond acceptors (Lipinski definition) is 4. The lowest BCUT2D eigenvalue weighted by Gasteiger charge is -2.31. The molecule has 104 valence electrons. The Morgan fingerprint density at radius 2 is 2.06 bits per heavy atom. The van der Waals surface area contributed by atoms with Crippen LogP contribution in [0.25, 0.3) is 0 Å². The molecular formula is C10H19N3O4S. The average molecular weight is 277 g/mol. The van der Waals surface area contributed by atoms with Gasteiger partial charge in [0.25, 0.3) is 0 Å². The van der Waals surface area contributed by atoms with Crippen LogP contribution in [0, 0.1) is 0 Å². The Balaban J connectivity index is 2.91. The summed E-state index contributed by atoms with van der Waals surface area (Å²) in [6, 6.07) is -0.299. The third-order valence-corrected chi connectivity index (χ3v) is 4.07. The minimum Gasteiger partial charge on any atom is -0.442 e. The summed E-state index contributed by atoms with van der Waals surface area (Å²) in [6.45, 7) is 6.84. The Bertz CT molecular complexity index is 464. The zero-order valence-corrected chi connectivity index (χ0v) is 12.0. The Morgan fingerprint density at radius 1 is 1.50 bits per heavy atom. The Labute approximate surface area is 107 Å². The molecule has 0 spiro atoms. The second-order valence-corrected chi connectivity index (χ2v) is 7.25. The molecule has 8 heteroatoms. The molecule has 0 aliphatic carbocycles. The van der Waals surface area contributed by atoms with Crippen molar-refractivity contribution in [1.82, 2.24) is 9.62 Å². The van der Waals surface area contributed by atoms with E-state index in [0.717, 1.165) is 4.31 Å². The predicted molar refractivity (Wildman–Crippen MR) is 67.8 cm³/mol. The van der Waals surface area contributed by atoms with Crippen LogP contribution in [0.2, 0.25) is 0 Å². The molecule has 18 heavy (non-hydrogen) atoms. The number of sulfonamides is 1. The molecule has 1 saturated heterocycles. The van der Waals surface area contributed by atoms with Gasteiger partial charge >= 0.3 is 6.09 Å². The zero-order valence-electron chi connectivity index (χ0n) is 11.2. The number of amides is 1. The highest BCUT2D eigenvalue weighted by Crippen LogP contribution is 2.11. The van der Waals surface area contributed by atoms with E-state index in [9.17, 15) is 13.2 Å². The third-order valence-electron chi connectivity index (χ3n) is 2.14. The van der Waals surface area contributed by atoms with Gasteiger partial charge in [0.2, 0.25) is 16.0 Å². The zero-order chi connectivity index (χ0) is 14.1. The fraction of sp³-hybridized carbons (Fsp3) is 0.800. The first-order chi connectivity index (χ1) is 8.01. The SMILES string of the molecule is CC1CS(=O)(=O)N(C)C(=NC(=O)OC(C)(C)C)N1. The number of nitrogens with one attached hydrogen (secondary N) is 1. The van der Waals surface area contributed by atoms with Gasteiger partial charge in [0.1, 0.15) is 5.60 Å². The quantitative estimate of drug-likeness (QED) is 0.698. The minimum atomic E-state index is -3.42. The van der Waals surface area contributed by atoms with Crippen molar-refractivity contribution in [2.45, 2.75) is 39.3 Å². The first-order valence-corrected chi connectivity index (χ1v) is 7.17. The van der Waals surface area contributed by atoms with E-state index in [-0.39, 0.29) is 17.8 Å². The lowest BCUT2D eigenvalue weighted by Crippen LogP contribution is -2.55. The average Bonchev–Trinajstić information content (AvgIpc) is 2.09. The fourth-order valence-corrected chi connectivity index (χ4v) is 2.68. The van der Waals surface area contributed by atoms with E-state index in [0.29, 0.717) is 0 Å². The van der Waals surface area contributed by atoms with E-state index >= 15 is 0 Å². The molecule has 1 atom stereocenters. The van der Waals surface area contributed by atoms with E-state index in [4.69, 9.17) is 4.74 Å². The van der Waals surface area contributed by atoms with E-state index < -0.39 is 21.7 Å². The van der Waals surface area contributed by atoms with Crippen molar-refractivity contribution in [2.75, 3.05) is 12.8 Å². The van der Waals surface area contributed by atoms with Gasteiger partial charge in [-0.15, -0.1) is 4.99 Å². The van der Waals surface area contributed by atoms with E-state index in [2.05, 4.69) is 10.3 Å². The summed E-state index contributed by atoms with van der Waals surface area (Å²) in [4.78, 5) is 15.2. The van der Waals surface area contributed by atoms with Crippen molar-refractivity contribution in [3.05, 3.63) is 0 Å². The van der Waals surface area contributed by atoms with Crippen molar-refractivity contribution >= 4 is 22.1 Å². The van der Waals surface area contributed by atoms with E-state index in [1.807, 2.05) is 0 Å². The summed E-state index contributed by atoms with van der Waals surface area (Å²) in [5.41, 5.74) is -0.668. The van der Waals surface area contributed by atoms with E-state index in [1.54, 1.807) is 27.7 Å². The highest BCUT2D eigenvalue weighted by molar-refractivity contribution is 7.89. The maximum absolute atomic E-state index is 11.7. The van der Waals surface area contributed by atoms with Gasteiger partial charge in [-0.25, -0.2) is 17.5 Å². The van der Waals surface area contributed by atoms with Gasteiger partial charge in [0, 0.05) is 13.1 Å². The van der Waals surface area contributed by atoms with Gasteiger partial charge in [-0.2, -0.15) is 0 Å². The summed E-state index contributed by atoms with van der Waals surface area (Å²) in [5, 5.41) is 2.83. The van der Waals surface area contributed by atoms with Gasteiger partial charge in [0.15, 0.2) is 0 Å². The summed E-state index contributed by atoms with van der Waals surface area (Å²) in [5.74, 6) is -0.0420. The van der Waals surface area contributed by atoms with Crippen LogP contribution in [0.4, 0.5) is 4.79 Å². The number of hydrogen-bond donors (Lipinski definition) is 1. The van der Waals surface area contributed by atoms with Crippen LogP contribution in [-0.4, -0.2) is 49.2 Å². The van der Waals surface area contributed by atoms with Crippen LogP contribution in [0.5, 0.6) is 0 Å². The summed E-state index contributed by atoms with van der Waals surface area (Å²) >= 11 is 0. The molecule has 1 aliphatic heterocycles. The number of carbonyl (C=O) groups excluding carboxylic acids is 1. The van der Waals surface area contributed by atoms with Gasteiger partial charge in [-0.3, -0.25) is 0 Å². The number of guanidine groups is 1. The van der Waals surface area contributed by atoms with Crippen LogP contribution in [0.1, 0.15) is 27.7 Å². The van der Waals surface area contributed by atoms with Gasteiger partial charge in [-0.05, 0) is 27.7 Å². The smallest absolute Gasteiger partial charge is 0.437 e. The van der Waals surface area contributed by atoms with Crippen molar-refractivity contribution in [2.24, 2.45) is 4.99 Å². The summed E-state index contributed by atoms with van der Waals surface area (Å²) < 4.78 is 29.4. The number of aliphatic imine (C=N–C) groups is 1. The highest BCUT2D eigenvalue weighted by atomic mass is 32.2. The first kappa shape index (κ1) is 14.7. The van der Waals surface area contributed by atoms with Crippen LogP contribution in [-0.2, 0) is 14.8 Å². The Hall–Kier alpha value is -1.31. The molecule has 1 unspecified atom stereocenters. The van der Waals surface area contributed by atoms with Gasteiger partial charge in [0.05, 0.1) is 5.75 Å². The first-order valence-electron chi connectivity index (χ1n) is 5.56. The van der Waals surface area contributed by atoms with Crippen LogP contribution >= 0.6 is 0 Å². The maximum atomic E-state index is 11.7. The second kappa shape index (κ2) is 4.75. The molecular weight excluding hydrogens is 258 g/mol. The normalized spacial score (nSPS) is 25.7. The van der Waals surface area contributed by atoms with Gasteiger partial charge in [-0.1, -0.05) is 0 Å². The van der Waals surface area contributed by atoms with Crippen LogP contribution in [0.15, 0.2) is 4.99 Å². The van der Waals surface area contributed by atoms with Gasteiger partial charge < -0.3 is 10.1 Å². The molecule has 0 aromatic rings. The van der Waals surface area contributed by atoms with Crippen molar-refractivity contribution in [3.63, 3.8) is 0 Å². The Kier molecular flexibility index (Phi) is 3.89. The molecule has 1 amide bonds. The lowest BCUT2D eigenvalue weighted by molar-refractivity contribution is 0.0602. The van der Waals surface area contributed by atoms with Crippen LogP contribution < -0.4 is 5.32 Å². The topological polar surface area (TPSA) is 88.1 Å². The minimum absolute atomic E-state index is 0.0111. The van der Waals surface area contributed by atoms with Crippen molar-refractivity contribution in [1.29, 1.82) is 0 Å². The Morgan fingerprint density at radius 3 is 2.56 bits per heavy atom. The lowest BCUT2D eigenvalue weighted by atomic mass is 10.2. The van der Waals surface area contributed by atoms with E-state index in [1.165, 1.54) is 7.05 Å². The summed E-state index contributed by atoms with van der Waals surface area (Å²) in [6.07, 6.45) is -0.818. The molecule has 1 N–H and O–H groups in total. The highest BCUT2D eigenvalue weighted by Gasteiger charge is 2.31. The molecule has 7 nitrogen and oxygen atoms in total. The monoisotopic (exact) mass is 277 g/mol. The number of nitrogens with zero attached hydrogens (tertiary/aromatic N) is 2. The second-order valence-electron chi connectivity index (χ2n) is 5.21.